The van der Waals surface area contributed by atoms with Gasteiger partial charge in [-0.2, -0.15) is 0 Å². The molecule has 3 heteroatoms. The standard InChI is InChI=1S/C14H12O3/c1-9(2)14(16)17-13-8-4-5-10-11(13)6-3-7-12(10)15/h3-8,15H,1H2,2H3. The van der Waals surface area contributed by atoms with Crippen LogP contribution in [0.3, 0.4) is 0 Å². The van der Waals surface area contributed by atoms with Crippen LogP contribution in [0.15, 0.2) is 48.6 Å². The lowest BCUT2D eigenvalue weighted by Gasteiger charge is -2.08. The number of ether oxygens (including phenoxy) is 1. The Hall–Kier alpha value is -2.29. The summed E-state index contributed by atoms with van der Waals surface area (Å²) in [6.45, 7) is 5.11. The second-order valence-corrected chi connectivity index (χ2v) is 3.80. The number of hydrogen-bond donors (Lipinski definition) is 1. The Bertz CT molecular complexity index is 599. The number of esters is 1. The second kappa shape index (κ2) is 4.29. The van der Waals surface area contributed by atoms with Crippen molar-refractivity contribution in [3.63, 3.8) is 0 Å². The van der Waals surface area contributed by atoms with Crippen LogP contribution in [0, 0.1) is 0 Å². The van der Waals surface area contributed by atoms with Gasteiger partial charge in [0.1, 0.15) is 11.5 Å². The molecular weight excluding hydrogens is 216 g/mol. The summed E-state index contributed by atoms with van der Waals surface area (Å²) >= 11 is 0. The molecule has 0 amide bonds. The van der Waals surface area contributed by atoms with Gasteiger partial charge in [-0.15, -0.1) is 0 Å². The van der Waals surface area contributed by atoms with Gasteiger partial charge in [0.25, 0.3) is 0 Å². The largest absolute Gasteiger partial charge is 0.507 e. The quantitative estimate of drug-likeness (QED) is 0.488. The minimum Gasteiger partial charge on any atom is -0.507 e. The maximum Gasteiger partial charge on any atom is 0.338 e. The summed E-state index contributed by atoms with van der Waals surface area (Å²) in [5, 5.41) is 11.0. The molecule has 0 atom stereocenters. The lowest BCUT2D eigenvalue weighted by Crippen LogP contribution is -2.08. The van der Waals surface area contributed by atoms with E-state index in [1.54, 1.807) is 43.3 Å². The predicted octanol–water partition coefficient (Wildman–Crippen LogP) is 3.03. The fourth-order valence-corrected chi connectivity index (χ4v) is 1.54. The third-order valence-corrected chi connectivity index (χ3v) is 2.41. The Morgan fingerprint density at radius 2 is 1.82 bits per heavy atom. The van der Waals surface area contributed by atoms with Crippen LogP contribution in [0.4, 0.5) is 0 Å². The fraction of sp³-hybridized carbons (Fsp3) is 0.0714. The molecular formula is C14H12O3. The number of fused-ring (bicyclic) bond motifs is 1. The van der Waals surface area contributed by atoms with Gasteiger partial charge in [-0.3, -0.25) is 0 Å². The van der Waals surface area contributed by atoms with Crippen LogP contribution in [0.2, 0.25) is 0 Å². The van der Waals surface area contributed by atoms with E-state index >= 15 is 0 Å². The first-order chi connectivity index (χ1) is 8.09. The maximum absolute atomic E-state index is 11.5. The highest BCUT2D eigenvalue weighted by Crippen LogP contribution is 2.31. The summed E-state index contributed by atoms with van der Waals surface area (Å²) in [5.41, 5.74) is 0.335. The molecule has 3 nitrogen and oxygen atoms in total. The van der Waals surface area contributed by atoms with Gasteiger partial charge < -0.3 is 9.84 Å². The van der Waals surface area contributed by atoms with E-state index in [0.29, 0.717) is 22.1 Å². The number of carbonyl (C=O) groups is 1. The van der Waals surface area contributed by atoms with Crippen molar-refractivity contribution in [2.75, 3.05) is 0 Å². The van der Waals surface area contributed by atoms with Crippen LogP contribution in [0.1, 0.15) is 6.92 Å². The molecule has 2 aromatic carbocycles. The van der Waals surface area contributed by atoms with Crippen molar-refractivity contribution in [1.82, 2.24) is 0 Å². The van der Waals surface area contributed by atoms with E-state index in [2.05, 4.69) is 6.58 Å². The predicted molar refractivity (Wildman–Crippen MR) is 66.1 cm³/mol. The van der Waals surface area contributed by atoms with Gasteiger partial charge in [0.2, 0.25) is 0 Å². The maximum atomic E-state index is 11.5. The molecule has 86 valence electrons. The third kappa shape index (κ3) is 2.13. The van der Waals surface area contributed by atoms with Crippen molar-refractivity contribution >= 4 is 16.7 Å². The minimum absolute atomic E-state index is 0.163. The zero-order valence-corrected chi connectivity index (χ0v) is 9.43. The molecule has 0 spiro atoms. The van der Waals surface area contributed by atoms with Gasteiger partial charge in [0.15, 0.2) is 0 Å². The number of phenolic OH excluding ortho intramolecular Hbond substituents is 1. The first-order valence-electron chi connectivity index (χ1n) is 5.18. The molecule has 0 saturated heterocycles. The van der Waals surface area contributed by atoms with Crippen molar-refractivity contribution in [1.29, 1.82) is 0 Å². The van der Waals surface area contributed by atoms with E-state index in [1.165, 1.54) is 0 Å². The Kier molecular flexibility index (Phi) is 2.83. The number of aromatic hydroxyl groups is 1. The van der Waals surface area contributed by atoms with E-state index in [1.807, 2.05) is 0 Å². The molecule has 0 aliphatic rings. The fourth-order valence-electron chi connectivity index (χ4n) is 1.54. The molecule has 0 radical (unpaired) electrons. The highest BCUT2D eigenvalue weighted by atomic mass is 16.5. The minimum atomic E-state index is -0.471. The molecule has 2 rings (SSSR count). The number of hydrogen-bond acceptors (Lipinski definition) is 3. The molecule has 0 heterocycles. The average Bonchev–Trinajstić information content (AvgIpc) is 2.30. The van der Waals surface area contributed by atoms with Crippen LogP contribution < -0.4 is 4.74 Å². The molecule has 0 bridgehead atoms. The van der Waals surface area contributed by atoms with Crippen LogP contribution in [0.5, 0.6) is 11.5 Å². The normalized spacial score (nSPS) is 10.2. The van der Waals surface area contributed by atoms with Crippen molar-refractivity contribution < 1.29 is 14.6 Å². The second-order valence-electron chi connectivity index (χ2n) is 3.80. The summed E-state index contributed by atoms with van der Waals surface area (Å²) < 4.78 is 5.19. The molecule has 0 aliphatic heterocycles. The lowest BCUT2D eigenvalue weighted by molar-refractivity contribution is -0.129. The highest BCUT2D eigenvalue weighted by Gasteiger charge is 2.09. The molecule has 1 N–H and O–H groups in total. The van der Waals surface area contributed by atoms with Gasteiger partial charge in [-0.05, 0) is 19.1 Å². The van der Waals surface area contributed by atoms with Crippen molar-refractivity contribution in [3.8, 4) is 11.5 Å². The topological polar surface area (TPSA) is 46.5 Å². The number of rotatable bonds is 2. The monoisotopic (exact) mass is 228 g/mol. The zero-order valence-electron chi connectivity index (χ0n) is 9.43. The lowest BCUT2D eigenvalue weighted by atomic mass is 10.1. The van der Waals surface area contributed by atoms with Crippen molar-refractivity contribution in [3.05, 3.63) is 48.6 Å². The van der Waals surface area contributed by atoms with Gasteiger partial charge in [-0.25, -0.2) is 4.79 Å². The number of benzene rings is 2. The molecule has 0 aromatic heterocycles. The smallest absolute Gasteiger partial charge is 0.338 e. The van der Waals surface area contributed by atoms with Crippen molar-refractivity contribution in [2.45, 2.75) is 6.92 Å². The van der Waals surface area contributed by atoms with E-state index in [4.69, 9.17) is 4.74 Å². The molecule has 0 saturated carbocycles. The zero-order chi connectivity index (χ0) is 12.4. The van der Waals surface area contributed by atoms with Gasteiger partial charge in [-0.1, -0.05) is 30.8 Å². The molecule has 0 aliphatic carbocycles. The number of carbonyl (C=O) groups excluding carboxylic acids is 1. The summed E-state index contributed by atoms with van der Waals surface area (Å²) in [4.78, 5) is 11.5. The van der Waals surface area contributed by atoms with E-state index in [9.17, 15) is 9.90 Å². The summed E-state index contributed by atoms with van der Waals surface area (Å²) in [6.07, 6.45) is 0. The Morgan fingerprint density at radius 3 is 2.53 bits per heavy atom. The van der Waals surface area contributed by atoms with Crippen LogP contribution in [0.25, 0.3) is 10.8 Å². The van der Waals surface area contributed by atoms with Gasteiger partial charge in [0, 0.05) is 16.3 Å². The number of phenols is 1. The molecule has 0 unspecified atom stereocenters. The van der Waals surface area contributed by atoms with Crippen LogP contribution in [-0.2, 0) is 4.79 Å². The molecule has 0 fully saturated rings. The first kappa shape index (κ1) is 11.2. The van der Waals surface area contributed by atoms with E-state index in [0.717, 1.165) is 0 Å². The third-order valence-electron chi connectivity index (χ3n) is 2.41. The van der Waals surface area contributed by atoms with E-state index in [-0.39, 0.29) is 5.75 Å². The molecule has 17 heavy (non-hydrogen) atoms. The average molecular weight is 228 g/mol. The van der Waals surface area contributed by atoms with Gasteiger partial charge >= 0.3 is 5.97 Å². The van der Waals surface area contributed by atoms with Crippen LogP contribution >= 0.6 is 0 Å². The summed E-state index contributed by atoms with van der Waals surface area (Å²) in [5.74, 6) is 0.114. The Morgan fingerprint density at radius 1 is 1.18 bits per heavy atom. The SMILES string of the molecule is C=C(C)C(=O)Oc1cccc2c(O)cccc12. The van der Waals surface area contributed by atoms with Gasteiger partial charge in [0.05, 0.1) is 0 Å². The first-order valence-corrected chi connectivity index (χ1v) is 5.18. The van der Waals surface area contributed by atoms with Crippen LogP contribution in [-0.4, -0.2) is 11.1 Å². The highest BCUT2D eigenvalue weighted by molar-refractivity contribution is 5.96. The summed E-state index contributed by atoms with van der Waals surface area (Å²) in [7, 11) is 0. The van der Waals surface area contributed by atoms with E-state index < -0.39 is 5.97 Å². The molecule has 2 aromatic rings. The summed E-state index contributed by atoms with van der Waals surface area (Å²) in [6, 6.07) is 10.3. The Labute approximate surface area is 99.0 Å². The van der Waals surface area contributed by atoms with Crippen molar-refractivity contribution in [2.24, 2.45) is 0 Å². The Balaban J connectivity index is 2.52.